The zero-order chi connectivity index (χ0) is 23.5. The van der Waals surface area contributed by atoms with Gasteiger partial charge in [-0.2, -0.15) is 0 Å². The Balaban J connectivity index is 1.76. The first kappa shape index (κ1) is 23.0. The third-order valence-corrected chi connectivity index (χ3v) is 6.61. The molecule has 2 aromatic heterocycles. The number of benzene rings is 2. The van der Waals surface area contributed by atoms with Crippen molar-refractivity contribution in [3.8, 4) is 11.5 Å². The number of fused-ring (bicyclic) bond motifs is 1. The molecule has 6 nitrogen and oxygen atoms in total. The topological polar surface area (TPSA) is 65.4 Å². The summed E-state index contributed by atoms with van der Waals surface area (Å²) in [6.07, 6.45) is 0. The maximum absolute atomic E-state index is 13.6. The van der Waals surface area contributed by atoms with Crippen LogP contribution in [0.3, 0.4) is 0 Å². The number of aryl methyl sites for hydroxylation is 2. The zero-order valence-electron chi connectivity index (χ0n) is 19.6. The molecule has 0 amide bonds. The van der Waals surface area contributed by atoms with E-state index >= 15 is 0 Å². The average molecular weight is 464 g/mol. The van der Waals surface area contributed by atoms with Crippen LogP contribution in [0.4, 0.5) is 0 Å². The van der Waals surface area contributed by atoms with Crippen molar-refractivity contribution in [2.45, 2.75) is 39.9 Å². The number of pyridine rings is 1. The van der Waals surface area contributed by atoms with E-state index in [0.717, 1.165) is 27.2 Å². The highest BCUT2D eigenvalue weighted by Crippen LogP contribution is 2.32. The van der Waals surface area contributed by atoms with Gasteiger partial charge < -0.3 is 19.4 Å². The summed E-state index contributed by atoms with van der Waals surface area (Å²) in [5, 5.41) is 7.47. The summed E-state index contributed by atoms with van der Waals surface area (Å²) >= 11 is 1.63. The van der Waals surface area contributed by atoms with Crippen LogP contribution >= 0.6 is 11.3 Å². The van der Waals surface area contributed by atoms with Gasteiger partial charge in [-0.25, -0.2) is 4.98 Å². The number of rotatable bonds is 8. The Morgan fingerprint density at radius 3 is 2.39 bits per heavy atom. The summed E-state index contributed by atoms with van der Waals surface area (Å²) in [5.74, 6) is 1.23. The van der Waals surface area contributed by atoms with Crippen molar-refractivity contribution in [2.24, 2.45) is 0 Å². The van der Waals surface area contributed by atoms with E-state index in [2.05, 4.69) is 53.8 Å². The molecule has 0 aliphatic heterocycles. The fraction of sp³-hybridized carbons (Fsp3) is 0.308. The van der Waals surface area contributed by atoms with E-state index in [4.69, 9.17) is 9.47 Å². The minimum atomic E-state index is -0.0237. The number of nitrogens with one attached hydrogen (secondary N) is 1. The lowest BCUT2D eigenvalue weighted by atomic mass is 10.1. The third-order valence-electron chi connectivity index (χ3n) is 5.81. The first-order valence-corrected chi connectivity index (χ1v) is 11.8. The van der Waals surface area contributed by atoms with E-state index in [1.54, 1.807) is 25.6 Å². The van der Waals surface area contributed by atoms with Crippen molar-refractivity contribution in [3.63, 3.8) is 0 Å². The van der Waals surface area contributed by atoms with Gasteiger partial charge in [-0.3, -0.25) is 4.79 Å². The molecular weight excluding hydrogens is 434 g/mol. The Bertz CT molecular complexity index is 1330. The number of aromatic nitrogens is 2. The quantitative estimate of drug-likeness (QED) is 0.399. The molecule has 33 heavy (non-hydrogen) atoms. The second kappa shape index (κ2) is 9.77. The molecule has 0 fully saturated rings. The van der Waals surface area contributed by atoms with Crippen molar-refractivity contribution in [2.75, 3.05) is 14.2 Å². The van der Waals surface area contributed by atoms with Gasteiger partial charge in [0.15, 0.2) is 11.5 Å². The van der Waals surface area contributed by atoms with Gasteiger partial charge >= 0.3 is 0 Å². The molecule has 0 saturated heterocycles. The Labute approximate surface area is 197 Å². The Kier molecular flexibility index (Phi) is 6.81. The predicted molar refractivity (Wildman–Crippen MR) is 134 cm³/mol. The zero-order valence-corrected chi connectivity index (χ0v) is 20.5. The van der Waals surface area contributed by atoms with Crippen LogP contribution in [0.25, 0.3) is 10.9 Å². The number of thiazole rings is 1. The molecule has 0 aliphatic rings. The molecule has 7 heteroatoms. The van der Waals surface area contributed by atoms with Gasteiger partial charge in [0.1, 0.15) is 0 Å². The van der Waals surface area contributed by atoms with E-state index in [9.17, 15) is 4.79 Å². The van der Waals surface area contributed by atoms with E-state index in [1.807, 2.05) is 29.7 Å². The minimum Gasteiger partial charge on any atom is -0.493 e. The first-order chi connectivity index (χ1) is 15.9. The lowest BCUT2D eigenvalue weighted by Gasteiger charge is -2.17. The van der Waals surface area contributed by atoms with Crippen molar-refractivity contribution < 1.29 is 9.47 Å². The number of hydrogen-bond acceptors (Lipinski definition) is 6. The van der Waals surface area contributed by atoms with Gasteiger partial charge in [0.25, 0.3) is 5.56 Å². The highest BCUT2D eigenvalue weighted by Gasteiger charge is 2.16. The summed E-state index contributed by atoms with van der Waals surface area (Å²) in [7, 11) is 3.22. The summed E-state index contributed by atoms with van der Waals surface area (Å²) in [6, 6.07) is 14.0. The van der Waals surface area contributed by atoms with Crippen molar-refractivity contribution in [1.82, 2.24) is 14.9 Å². The molecule has 0 spiro atoms. The van der Waals surface area contributed by atoms with Gasteiger partial charge in [0.2, 0.25) is 0 Å². The van der Waals surface area contributed by atoms with Gasteiger partial charge in [0, 0.05) is 35.0 Å². The van der Waals surface area contributed by atoms with Crippen LogP contribution in [0.15, 0.2) is 52.6 Å². The van der Waals surface area contributed by atoms with Gasteiger partial charge in [0.05, 0.1) is 37.0 Å². The predicted octanol–water partition coefficient (Wildman–Crippen LogP) is 4.99. The molecule has 2 aromatic carbocycles. The molecular formula is C26H29N3O3S. The van der Waals surface area contributed by atoms with Crippen LogP contribution in [0.5, 0.6) is 11.5 Å². The normalized spacial score (nSPS) is 12.2. The fourth-order valence-electron chi connectivity index (χ4n) is 3.87. The first-order valence-electron chi connectivity index (χ1n) is 10.9. The standard InChI is InChI=1S/C26H29N3O3S/c1-16-6-8-19(9-7-16)14-29-23-12-25(32-5)24(31-4)11-20(23)10-21(26(29)30)13-27-17(2)22-15-33-18(3)28-22/h6-12,15,17,27H,13-14H2,1-5H3/t17-/m1/s1. The summed E-state index contributed by atoms with van der Waals surface area (Å²) in [6.45, 7) is 7.03. The Hall–Kier alpha value is -3.16. The van der Waals surface area contributed by atoms with E-state index in [0.29, 0.717) is 30.2 Å². The number of nitrogens with zero attached hydrogens (tertiary/aromatic N) is 2. The molecule has 0 aliphatic carbocycles. The number of methoxy groups -OCH3 is 2. The smallest absolute Gasteiger partial charge is 0.255 e. The SMILES string of the molecule is COc1cc2cc(CN[C@H](C)c3csc(C)n3)c(=O)n(Cc3ccc(C)cc3)c2cc1OC. The summed E-state index contributed by atoms with van der Waals surface area (Å²) < 4.78 is 12.8. The summed E-state index contributed by atoms with van der Waals surface area (Å²) in [4.78, 5) is 18.2. The van der Waals surface area contributed by atoms with Crippen LogP contribution in [-0.2, 0) is 13.1 Å². The number of ether oxygens (including phenoxy) is 2. The van der Waals surface area contributed by atoms with Crippen molar-refractivity contribution in [3.05, 3.63) is 85.6 Å². The molecule has 1 N–H and O–H groups in total. The number of hydrogen-bond donors (Lipinski definition) is 1. The maximum atomic E-state index is 13.6. The molecule has 1 atom stereocenters. The van der Waals surface area contributed by atoms with Gasteiger partial charge in [-0.15, -0.1) is 11.3 Å². The van der Waals surface area contributed by atoms with Crippen molar-refractivity contribution in [1.29, 1.82) is 0 Å². The molecule has 2 heterocycles. The van der Waals surface area contributed by atoms with Gasteiger partial charge in [-0.1, -0.05) is 29.8 Å². The monoisotopic (exact) mass is 463 g/mol. The van der Waals surface area contributed by atoms with E-state index in [-0.39, 0.29) is 11.6 Å². The Morgan fingerprint density at radius 2 is 1.76 bits per heavy atom. The van der Waals surface area contributed by atoms with Crippen LogP contribution in [0.1, 0.15) is 40.4 Å². The molecule has 0 bridgehead atoms. The minimum absolute atomic E-state index is 0.0237. The molecule has 4 rings (SSSR count). The fourth-order valence-corrected chi connectivity index (χ4v) is 4.58. The van der Waals surface area contributed by atoms with E-state index in [1.165, 1.54) is 5.56 Å². The lowest BCUT2D eigenvalue weighted by molar-refractivity contribution is 0.355. The third kappa shape index (κ3) is 4.94. The second-order valence-corrected chi connectivity index (χ2v) is 9.27. The Morgan fingerprint density at radius 1 is 1.06 bits per heavy atom. The van der Waals surface area contributed by atoms with E-state index < -0.39 is 0 Å². The van der Waals surface area contributed by atoms with Crippen molar-refractivity contribution >= 4 is 22.2 Å². The second-order valence-electron chi connectivity index (χ2n) is 8.21. The summed E-state index contributed by atoms with van der Waals surface area (Å²) in [5.41, 5.74) is 4.72. The lowest BCUT2D eigenvalue weighted by Crippen LogP contribution is -2.29. The largest absolute Gasteiger partial charge is 0.493 e. The van der Waals surface area contributed by atoms with Crippen LogP contribution in [0.2, 0.25) is 0 Å². The molecule has 4 aromatic rings. The maximum Gasteiger partial charge on any atom is 0.255 e. The van der Waals surface area contributed by atoms with Crippen LogP contribution in [0, 0.1) is 13.8 Å². The van der Waals surface area contributed by atoms with Gasteiger partial charge in [-0.05, 0) is 38.5 Å². The molecule has 0 radical (unpaired) electrons. The molecule has 0 saturated carbocycles. The highest BCUT2D eigenvalue weighted by atomic mass is 32.1. The average Bonchev–Trinajstić information content (AvgIpc) is 3.26. The van der Waals surface area contributed by atoms with Crippen LogP contribution in [-0.4, -0.2) is 23.8 Å². The molecule has 0 unspecified atom stereocenters. The van der Waals surface area contributed by atoms with Crippen LogP contribution < -0.4 is 20.3 Å². The highest BCUT2D eigenvalue weighted by molar-refractivity contribution is 7.09. The molecule has 172 valence electrons.